The topological polar surface area (TPSA) is 168 Å². The van der Waals surface area contributed by atoms with E-state index in [0.717, 1.165) is 3.79 Å². The molecule has 1 saturated carbocycles. The van der Waals surface area contributed by atoms with E-state index >= 15 is 0 Å². The third-order valence-corrected chi connectivity index (χ3v) is 12.4. The summed E-state index contributed by atoms with van der Waals surface area (Å²) in [5.74, 6) is -0.369. The second-order valence-corrected chi connectivity index (χ2v) is 15.8. The van der Waals surface area contributed by atoms with Crippen molar-refractivity contribution in [1.82, 2.24) is 34.5 Å². The van der Waals surface area contributed by atoms with E-state index < -0.39 is 15.6 Å². The highest BCUT2D eigenvalue weighted by molar-refractivity contribution is 9.11. The molecule has 1 aliphatic carbocycles. The van der Waals surface area contributed by atoms with Gasteiger partial charge in [0.25, 0.3) is 15.9 Å². The van der Waals surface area contributed by atoms with Crippen LogP contribution < -0.4 is 5.32 Å². The van der Waals surface area contributed by atoms with Crippen LogP contribution in [-0.4, -0.2) is 73.9 Å². The molecular formula is C29H25BrN8O4S2. The van der Waals surface area contributed by atoms with Crippen LogP contribution in [0.5, 0.6) is 0 Å². The largest absolute Gasteiger partial charge is 0.356 e. The van der Waals surface area contributed by atoms with Gasteiger partial charge in [-0.2, -0.15) is 9.57 Å². The molecule has 2 saturated heterocycles. The Labute approximate surface area is 265 Å². The van der Waals surface area contributed by atoms with Gasteiger partial charge in [0.15, 0.2) is 5.78 Å². The smallest absolute Gasteiger partial charge is 0.254 e. The number of nitrogens with zero attached hydrogens (tertiary/aromatic N) is 5. The number of carbonyl (C=O) groups excluding carboxylic acids is 2. The summed E-state index contributed by atoms with van der Waals surface area (Å²) in [7, 11) is -3.66. The van der Waals surface area contributed by atoms with Crippen molar-refractivity contribution in [2.24, 2.45) is 11.8 Å². The van der Waals surface area contributed by atoms with Gasteiger partial charge in [0.1, 0.15) is 15.6 Å². The molecule has 0 spiro atoms. The molecule has 3 N–H and O–H groups in total. The van der Waals surface area contributed by atoms with Gasteiger partial charge >= 0.3 is 0 Å². The van der Waals surface area contributed by atoms with Crippen LogP contribution >= 0.6 is 27.3 Å². The first-order chi connectivity index (χ1) is 21.2. The van der Waals surface area contributed by atoms with Crippen LogP contribution in [0.25, 0.3) is 0 Å². The van der Waals surface area contributed by atoms with Crippen LogP contribution in [0.3, 0.4) is 0 Å². The number of amides is 1. The Morgan fingerprint density at radius 3 is 2.23 bits per heavy atom. The normalized spacial score (nSPS) is 23.5. The third kappa shape index (κ3) is 4.97. The number of rotatable bonds is 9. The Morgan fingerprint density at radius 2 is 1.70 bits per heavy atom. The summed E-state index contributed by atoms with van der Waals surface area (Å²) in [6.45, 7) is 0.555. The number of hydrogen-bond acceptors (Lipinski definition) is 9. The average molecular weight is 694 g/mol. The second kappa shape index (κ2) is 10.8. The summed E-state index contributed by atoms with van der Waals surface area (Å²) in [6, 6.07) is 11.4. The maximum atomic E-state index is 14.6. The molecule has 3 atom stereocenters. The van der Waals surface area contributed by atoms with Gasteiger partial charge in [0.2, 0.25) is 0 Å². The molecule has 5 heterocycles. The zero-order chi connectivity index (χ0) is 30.6. The zero-order valence-corrected chi connectivity index (χ0v) is 26.2. The number of aromatic nitrogens is 4. The molecule has 1 amide bonds. The molecule has 224 valence electrons. The number of sulfonamides is 1. The van der Waals surface area contributed by atoms with Crippen molar-refractivity contribution in [1.29, 1.82) is 5.26 Å². The van der Waals surface area contributed by atoms with Crippen LogP contribution in [0, 0.1) is 23.2 Å². The predicted molar refractivity (Wildman–Crippen MR) is 162 cm³/mol. The van der Waals surface area contributed by atoms with Gasteiger partial charge in [-0.15, -0.1) is 11.3 Å². The molecule has 0 unspecified atom stereocenters. The first-order valence-electron chi connectivity index (χ1n) is 13.8. The lowest BCUT2D eigenvalue weighted by Crippen LogP contribution is -2.51. The minimum Gasteiger partial charge on any atom is -0.356 e. The van der Waals surface area contributed by atoms with E-state index in [0.29, 0.717) is 28.3 Å². The Bertz CT molecular complexity index is 1870. The van der Waals surface area contributed by atoms with Gasteiger partial charge in [-0.1, -0.05) is 0 Å². The standard InChI is InChI=1S/C29H25BrN8O4S2/c30-24-5-6-26(43-24)44(41,42)37-13-21-22(14-37)27(21)38-25(7-23(39)18-3-1-17(10-31)2-4-18)36-29(28(38)40,8-19-11-32-15-34-19)9-20-12-33-16-35-20/h1-7,11-12,15-16,21-22,27,36H,8-9,13-14H2,(H,32,34)(H,33,35)/b25-7+/t21-,22+,27+. The lowest BCUT2D eigenvalue weighted by Gasteiger charge is -2.27. The lowest BCUT2D eigenvalue weighted by molar-refractivity contribution is -0.132. The van der Waals surface area contributed by atoms with E-state index in [9.17, 15) is 18.0 Å². The molecule has 3 aliphatic rings. The molecule has 12 nitrogen and oxygen atoms in total. The molecular weight excluding hydrogens is 668 g/mol. The second-order valence-electron chi connectivity index (χ2n) is 11.1. The quantitative estimate of drug-likeness (QED) is 0.178. The molecule has 3 fully saturated rings. The minimum absolute atomic E-state index is 0.0843. The number of hydrogen-bond donors (Lipinski definition) is 3. The summed E-state index contributed by atoms with van der Waals surface area (Å²) in [4.78, 5) is 44.3. The average Bonchev–Trinajstić information content (AvgIpc) is 3.72. The maximum Gasteiger partial charge on any atom is 0.254 e. The van der Waals surface area contributed by atoms with Crippen molar-refractivity contribution in [2.75, 3.05) is 13.1 Å². The fourth-order valence-corrected chi connectivity index (χ4v) is 9.99. The monoisotopic (exact) mass is 692 g/mol. The van der Waals surface area contributed by atoms with E-state index in [-0.39, 0.29) is 59.7 Å². The third-order valence-electron chi connectivity index (χ3n) is 8.45. The van der Waals surface area contributed by atoms with Crippen LogP contribution in [0.2, 0.25) is 0 Å². The van der Waals surface area contributed by atoms with Gasteiger partial charge in [0.05, 0.1) is 39.5 Å². The molecule has 4 aromatic rings. The SMILES string of the molecule is N#Cc1ccc(C(=O)/C=C2\NC(Cc3c[nH]cn3)(Cc3c[nH]cn3)C(=O)N2[C@H]2[C@@H]3CN(S(=O)(=O)c4ccc(Br)s4)C[C@@H]32)cc1. The highest BCUT2D eigenvalue weighted by Gasteiger charge is 2.65. The van der Waals surface area contributed by atoms with Crippen LogP contribution in [0.1, 0.15) is 27.3 Å². The number of carbonyl (C=O) groups is 2. The molecule has 7 rings (SSSR count). The number of benzene rings is 1. The molecule has 44 heavy (non-hydrogen) atoms. The number of H-pyrrole nitrogens is 2. The first kappa shape index (κ1) is 28.7. The van der Waals surface area contributed by atoms with Crippen molar-refractivity contribution in [3.8, 4) is 6.07 Å². The maximum absolute atomic E-state index is 14.6. The van der Waals surface area contributed by atoms with Crippen molar-refractivity contribution < 1.29 is 18.0 Å². The number of aromatic amines is 2. The first-order valence-corrected chi connectivity index (χ1v) is 16.8. The van der Waals surface area contributed by atoms with Crippen LogP contribution in [-0.2, 0) is 27.7 Å². The summed E-state index contributed by atoms with van der Waals surface area (Å²) in [5, 5.41) is 12.6. The van der Waals surface area contributed by atoms with Gasteiger partial charge < -0.3 is 15.3 Å². The molecule has 15 heteroatoms. The fourth-order valence-electron chi connectivity index (χ4n) is 6.31. The van der Waals surface area contributed by atoms with Crippen molar-refractivity contribution in [2.45, 2.75) is 28.6 Å². The number of halogens is 1. The predicted octanol–water partition coefficient (Wildman–Crippen LogP) is 2.83. The summed E-state index contributed by atoms with van der Waals surface area (Å²) < 4.78 is 29.1. The molecule has 0 bridgehead atoms. The number of allylic oxidation sites excluding steroid dienone is 1. The summed E-state index contributed by atoms with van der Waals surface area (Å²) in [6.07, 6.45) is 8.44. The number of imidazole rings is 2. The lowest BCUT2D eigenvalue weighted by atomic mass is 9.88. The van der Waals surface area contributed by atoms with Crippen molar-refractivity contribution >= 4 is 49.0 Å². The molecule has 3 aromatic heterocycles. The van der Waals surface area contributed by atoms with Gasteiger partial charge in [-0.05, 0) is 52.3 Å². The van der Waals surface area contributed by atoms with Crippen molar-refractivity contribution in [3.63, 3.8) is 0 Å². The number of thiophene rings is 1. The van der Waals surface area contributed by atoms with E-state index in [1.165, 1.54) is 21.7 Å². The number of nitriles is 1. The summed E-state index contributed by atoms with van der Waals surface area (Å²) in [5.41, 5.74) is 0.945. The van der Waals surface area contributed by atoms with Gasteiger partial charge in [-0.3, -0.25) is 14.5 Å². The number of nitrogens with one attached hydrogen (secondary N) is 3. The van der Waals surface area contributed by atoms with E-state index in [2.05, 4.69) is 41.2 Å². The Hall–Kier alpha value is -4.10. The highest BCUT2D eigenvalue weighted by Crippen LogP contribution is 2.53. The fraction of sp³-hybridized carbons (Fsp3) is 0.276. The van der Waals surface area contributed by atoms with Crippen LogP contribution in [0.15, 0.2) is 81.3 Å². The molecule has 2 aliphatic heterocycles. The summed E-state index contributed by atoms with van der Waals surface area (Å²) >= 11 is 4.51. The van der Waals surface area contributed by atoms with E-state index in [1.54, 1.807) is 66.3 Å². The number of ketones is 1. The van der Waals surface area contributed by atoms with E-state index in [1.807, 2.05) is 6.07 Å². The number of fused-ring (bicyclic) bond motifs is 1. The van der Waals surface area contributed by atoms with E-state index in [4.69, 9.17) is 5.26 Å². The minimum atomic E-state index is -3.66. The Kier molecular flexibility index (Phi) is 7.04. The Morgan fingerprint density at radius 1 is 1.07 bits per heavy atom. The number of piperidine rings is 1. The van der Waals surface area contributed by atoms with Gasteiger partial charge in [-0.25, -0.2) is 18.4 Å². The Balaban J connectivity index is 1.22. The van der Waals surface area contributed by atoms with Crippen molar-refractivity contribution in [3.05, 3.63) is 99.6 Å². The molecule has 0 radical (unpaired) electrons. The zero-order valence-electron chi connectivity index (χ0n) is 23.0. The highest BCUT2D eigenvalue weighted by atomic mass is 79.9. The van der Waals surface area contributed by atoms with Crippen LogP contribution in [0.4, 0.5) is 0 Å². The molecule has 1 aromatic carbocycles. The van der Waals surface area contributed by atoms with Gasteiger partial charge in [0, 0.05) is 67.8 Å².